The third-order valence-corrected chi connectivity index (χ3v) is 6.87. The number of carboxylic acid groups (broad SMARTS) is 1. The normalized spacial score (nSPS) is 14.1. The quantitative estimate of drug-likeness (QED) is 0.298. The Morgan fingerprint density at radius 1 is 1.05 bits per heavy atom. The first-order valence-electron chi connectivity index (χ1n) is 12.0. The summed E-state index contributed by atoms with van der Waals surface area (Å²) in [4.78, 5) is 11.0. The molecule has 0 spiro atoms. The second kappa shape index (κ2) is 12.0. The first-order valence-corrected chi connectivity index (χ1v) is 14.0. The van der Waals surface area contributed by atoms with Gasteiger partial charge in [-0.3, -0.25) is 4.79 Å². The van der Waals surface area contributed by atoms with E-state index in [0.717, 1.165) is 5.56 Å². The van der Waals surface area contributed by atoms with E-state index in [0.29, 0.717) is 47.0 Å². The fraction of sp³-hybridized carbons (Fsp3) is 0.276. The van der Waals surface area contributed by atoms with Crippen LogP contribution in [0.3, 0.4) is 0 Å². The SMILES string of the molecule is CS(=O)(=O)CCCOc1cccc(C#Cc2ccc(F)c(COc3ccc4c(c3)OCC4CC(=O)O)c2)c1. The number of hydrogen-bond acceptors (Lipinski definition) is 6. The van der Waals surface area contributed by atoms with Gasteiger partial charge in [0.1, 0.15) is 39.5 Å². The summed E-state index contributed by atoms with van der Waals surface area (Å²) in [6.07, 6.45) is 1.59. The van der Waals surface area contributed by atoms with E-state index in [1.54, 1.807) is 48.5 Å². The van der Waals surface area contributed by atoms with Gasteiger partial charge in [-0.05, 0) is 48.9 Å². The molecule has 9 heteroatoms. The molecule has 0 radical (unpaired) electrons. The first-order chi connectivity index (χ1) is 18.2. The van der Waals surface area contributed by atoms with E-state index in [4.69, 9.17) is 19.3 Å². The lowest BCUT2D eigenvalue weighted by molar-refractivity contribution is -0.137. The fourth-order valence-corrected chi connectivity index (χ4v) is 4.61. The van der Waals surface area contributed by atoms with Crippen molar-refractivity contribution >= 4 is 15.8 Å². The van der Waals surface area contributed by atoms with Crippen molar-refractivity contribution < 1.29 is 36.9 Å². The molecular formula is C29H27FO7S. The van der Waals surface area contributed by atoms with Crippen molar-refractivity contribution in [3.05, 3.63) is 88.7 Å². The van der Waals surface area contributed by atoms with E-state index in [1.165, 1.54) is 12.3 Å². The van der Waals surface area contributed by atoms with Crippen LogP contribution >= 0.6 is 0 Å². The molecule has 1 atom stereocenters. The Bertz CT molecular complexity index is 1490. The first kappa shape index (κ1) is 27.0. The maximum Gasteiger partial charge on any atom is 0.304 e. The molecule has 0 amide bonds. The van der Waals surface area contributed by atoms with Crippen LogP contribution in [-0.4, -0.2) is 44.7 Å². The summed E-state index contributed by atoms with van der Waals surface area (Å²) < 4.78 is 53.9. The van der Waals surface area contributed by atoms with Crippen LogP contribution in [0.2, 0.25) is 0 Å². The molecule has 7 nitrogen and oxygen atoms in total. The molecule has 0 saturated heterocycles. The highest BCUT2D eigenvalue weighted by molar-refractivity contribution is 7.90. The van der Waals surface area contributed by atoms with E-state index < -0.39 is 21.6 Å². The monoisotopic (exact) mass is 538 g/mol. The smallest absolute Gasteiger partial charge is 0.304 e. The standard InChI is InChI=1S/C29H27FO7S/c1-38(33,34)13-3-12-35-24-5-2-4-20(15-24)6-7-21-8-11-27(30)23(14-21)19-36-25-9-10-26-22(16-29(31)32)18-37-28(26)17-25/h2,4-5,8-11,14-15,17,22H,3,12-13,16,18-19H2,1H3,(H,31,32). The number of hydrogen-bond donors (Lipinski definition) is 1. The third kappa shape index (κ3) is 7.73. The summed E-state index contributed by atoms with van der Waals surface area (Å²) in [5.74, 6) is 6.28. The van der Waals surface area contributed by atoms with E-state index in [2.05, 4.69) is 11.8 Å². The molecule has 1 unspecified atom stereocenters. The molecule has 0 bridgehead atoms. The number of aliphatic carboxylic acids is 1. The number of fused-ring (bicyclic) bond motifs is 1. The number of halogens is 1. The Kier molecular flexibility index (Phi) is 8.54. The highest BCUT2D eigenvalue weighted by atomic mass is 32.2. The minimum absolute atomic E-state index is 0.00502. The Hall–Kier alpha value is -4.03. The molecule has 0 fully saturated rings. The predicted octanol–water partition coefficient (Wildman–Crippen LogP) is 4.57. The van der Waals surface area contributed by atoms with Gasteiger partial charge in [-0.1, -0.05) is 24.0 Å². The molecule has 1 aliphatic rings. The van der Waals surface area contributed by atoms with E-state index in [1.807, 2.05) is 6.07 Å². The maximum absolute atomic E-state index is 14.4. The predicted molar refractivity (Wildman–Crippen MR) is 140 cm³/mol. The molecule has 0 saturated carbocycles. The van der Waals surface area contributed by atoms with Crippen LogP contribution in [-0.2, 0) is 21.2 Å². The van der Waals surface area contributed by atoms with Gasteiger partial charge in [0.25, 0.3) is 0 Å². The number of sulfone groups is 1. The zero-order valence-electron chi connectivity index (χ0n) is 20.8. The number of carbonyl (C=O) groups is 1. The molecule has 3 aromatic carbocycles. The Morgan fingerprint density at radius 2 is 1.82 bits per heavy atom. The van der Waals surface area contributed by atoms with E-state index in [-0.39, 0.29) is 31.3 Å². The lowest BCUT2D eigenvalue weighted by atomic mass is 9.98. The Labute approximate surface area is 221 Å². The molecule has 1 N–H and O–H groups in total. The van der Waals surface area contributed by atoms with Crippen molar-refractivity contribution in [3.8, 4) is 29.1 Å². The molecule has 0 aromatic heterocycles. The van der Waals surface area contributed by atoms with Crippen LogP contribution in [0.15, 0.2) is 60.7 Å². The summed E-state index contributed by atoms with van der Waals surface area (Å²) in [5.41, 5.74) is 2.47. The van der Waals surface area contributed by atoms with Gasteiger partial charge < -0.3 is 19.3 Å². The third-order valence-electron chi connectivity index (χ3n) is 5.84. The summed E-state index contributed by atoms with van der Waals surface area (Å²) >= 11 is 0. The number of rotatable bonds is 10. The average Bonchev–Trinajstić information content (AvgIpc) is 3.26. The molecule has 38 heavy (non-hydrogen) atoms. The molecular weight excluding hydrogens is 511 g/mol. The van der Waals surface area contributed by atoms with Crippen LogP contribution in [0.4, 0.5) is 4.39 Å². The van der Waals surface area contributed by atoms with Gasteiger partial charge >= 0.3 is 5.97 Å². The number of benzene rings is 3. The Morgan fingerprint density at radius 3 is 2.58 bits per heavy atom. The highest BCUT2D eigenvalue weighted by Crippen LogP contribution is 2.38. The Balaban J connectivity index is 1.38. The van der Waals surface area contributed by atoms with Crippen LogP contribution in [0.25, 0.3) is 0 Å². The lowest BCUT2D eigenvalue weighted by Gasteiger charge is -2.10. The van der Waals surface area contributed by atoms with Crippen LogP contribution in [0.5, 0.6) is 17.2 Å². The van der Waals surface area contributed by atoms with Crippen molar-refractivity contribution in [2.75, 3.05) is 25.2 Å². The number of ether oxygens (including phenoxy) is 3. The topological polar surface area (TPSA) is 99.1 Å². The van der Waals surface area contributed by atoms with Crippen molar-refractivity contribution in [3.63, 3.8) is 0 Å². The summed E-state index contributed by atoms with van der Waals surface area (Å²) in [6.45, 7) is 0.568. The lowest BCUT2D eigenvalue weighted by Crippen LogP contribution is -2.07. The molecule has 0 aliphatic carbocycles. The minimum atomic E-state index is -3.02. The largest absolute Gasteiger partial charge is 0.494 e. The van der Waals surface area contributed by atoms with Gasteiger partial charge in [0.05, 0.1) is 25.4 Å². The highest BCUT2D eigenvalue weighted by Gasteiger charge is 2.26. The van der Waals surface area contributed by atoms with Gasteiger partial charge in [-0.2, -0.15) is 0 Å². The van der Waals surface area contributed by atoms with Crippen LogP contribution < -0.4 is 14.2 Å². The van der Waals surface area contributed by atoms with Crippen molar-refractivity contribution in [1.29, 1.82) is 0 Å². The minimum Gasteiger partial charge on any atom is -0.494 e. The molecule has 4 rings (SSSR count). The molecule has 3 aromatic rings. The molecule has 1 heterocycles. The fourth-order valence-electron chi connectivity index (χ4n) is 3.97. The number of carboxylic acids is 1. The molecule has 1 aliphatic heterocycles. The van der Waals surface area contributed by atoms with Crippen molar-refractivity contribution in [2.45, 2.75) is 25.4 Å². The second-order valence-electron chi connectivity index (χ2n) is 9.01. The van der Waals surface area contributed by atoms with Gasteiger partial charge in [-0.25, -0.2) is 12.8 Å². The zero-order valence-corrected chi connectivity index (χ0v) is 21.6. The summed E-state index contributed by atoms with van der Waals surface area (Å²) in [6, 6.07) is 16.9. The van der Waals surface area contributed by atoms with Crippen molar-refractivity contribution in [1.82, 2.24) is 0 Å². The molecule has 198 valence electrons. The van der Waals surface area contributed by atoms with Gasteiger partial charge in [-0.15, -0.1) is 0 Å². The van der Waals surface area contributed by atoms with Gasteiger partial charge in [0.15, 0.2) is 0 Å². The van der Waals surface area contributed by atoms with Crippen molar-refractivity contribution in [2.24, 2.45) is 0 Å². The van der Waals surface area contributed by atoms with Crippen LogP contribution in [0, 0.1) is 17.7 Å². The van der Waals surface area contributed by atoms with E-state index in [9.17, 15) is 17.6 Å². The van der Waals surface area contributed by atoms with Crippen LogP contribution in [0.1, 0.15) is 41.0 Å². The maximum atomic E-state index is 14.4. The summed E-state index contributed by atoms with van der Waals surface area (Å²) in [5, 5.41) is 9.04. The van der Waals surface area contributed by atoms with Gasteiger partial charge in [0, 0.05) is 40.5 Å². The van der Waals surface area contributed by atoms with Gasteiger partial charge in [0.2, 0.25) is 0 Å². The van der Waals surface area contributed by atoms with E-state index >= 15 is 0 Å². The zero-order chi connectivity index (χ0) is 27.1. The summed E-state index contributed by atoms with van der Waals surface area (Å²) in [7, 11) is -3.02. The average molecular weight is 539 g/mol. The second-order valence-corrected chi connectivity index (χ2v) is 11.3.